The van der Waals surface area contributed by atoms with Crippen LogP contribution in [0.5, 0.6) is 0 Å². The van der Waals surface area contributed by atoms with Crippen molar-refractivity contribution < 1.29 is 4.79 Å². The monoisotopic (exact) mass is 189 g/mol. The molecule has 0 bridgehead atoms. The Kier molecular flexibility index (Phi) is 3.05. The SMILES string of the molecule is CNCC(=O)c1cc(Cl)cs1. The standard InChI is InChI=1S/C7H8ClNOS/c1-9-3-6(10)7-2-5(8)4-11-7/h2,4,9H,3H2,1H3. The molecule has 2 nitrogen and oxygen atoms in total. The molecule has 0 amide bonds. The molecule has 0 atom stereocenters. The molecule has 0 saturated heterocycles. The van der Waals surface area contributed by atoms with Gasteiger partial charge in [-0.1, -0.05) is 11.6 Å². The van der Waals surface area contributed by atoms with Gasteiger partial charge in [0.1, 0.15) is 0 Å². The summed E-state index contributed by atoms with van der Waals surface area (Å²) in [5.41, 5.74) is 0. The van der Waals surface area contributed by atoms with E-state index in [0.29, 0.717) is 16.4 Å². The highest BCUT2D eigenvalue weighted by Gasteiger charge is 2.06. The van der Waals surface area contributed by atoms with Crippen LogP contribution in [-0.4, -0.2) is 19.4 Å². The van der Waals surface area contributed by atoms with Gasteiger partial charge in [-0.3, -0.25) is 4.79 Å². The van der Waals surface area contributed by atoms with Gasteiger partial charge in [-0.15, -0.1) is 11.3 Å². The Morgan fingerprint density at radius 1 is 1.82 bits per heavy atom. The highest BCUT2D eigenvalue weighted by atomic mass is 35.5. The highest BCUT2D eigenvalue weighted by Crippen LogP contribution is 2.18. The minimum Gasteiger partial charge on any atom is -0.313 e. The van der Waals surface area contributed by atoms with Crippen molar-refractivity contribution in [2.24, 2.45) is 0 Å². The van der Waals surface area contributed by atoms with Crippen molar-refractivity contribution in [3.05, 3.63) is 21.3 Å². The van der Waals surface area contributed by atoms with E-state index < -0.39 is 0 Å². The summed E-state index contributed by atoms with van der Waals surface area (Å²) >= 11 is 7.02. The minimum absolute atomic E-state index is 0.0874. The summed E-state index contributed by atoms with van der Waals surface area (Å²) in [5.74, 6) is 0.0874. The van der Waals surface area contributed by atoms with Gasteiger partial charge in [0.25, 0.3) is 0 Å². The molecule has 0 aromatic carbocycles. The third-order valence-corrected chi connectivity index (χ3v) is 2.50. The summed E-state index contributed by atoms with van der Waals surface area (Å²) in [6.45, 7) is 0.372. The van der Waals surface area contributed by atoms with Gasteiger partial charge in [0.05, 0.1) is 16.4 Å². The molecule has 4 heteroatoms. The second kappa shape index (κ2) is 3.85. The van der Waals surface area contributed by atoms with Crippen LogP contribution in [0.3, 0.4) is 0 Å². The molecule has 0 aliphatic carbocycles. The van der Waals surface area contributed by atoms with Gasteiger partial charge < -0.3 is 5.32 Å². The van der Waals surface area contributed by atoms with Crippen LogP contribution in [0.25, 0.3) is 0 Å². The van der Waals surface area contributed by atoms with Crippen LogP contribution in [0.4, 0.5) is 0 Å². The second-order valence-electron chi connectivity index (χ2n) is 2.08. The average Bonchev–Trinajstić information content (AvgIpc) is 2.36. The average molecular weight is 190 g/mol. The predicted molar refractivity (Wildman–Crippen MR) is 47.6 cm³/mol. The maximum atomic E-state index is 11.1. The van der Waals surface area contributed by atoms with Crippen LogP contribution in [0.2, 0.25) is 5.02 Å². The lowest BCUT2D eigenvalue weighted by Gasteiger charge is -1.92. The molecule has 1 aromatic heterocycles. The third kappa shape index (κ3) is 2.29. The first-order chi connectivity index (χ1) is 5.24. The molecule has 1 heterocycles. The van der Waals surface area contributed by atoms with Crippen molar-refractivity contribution in [2.45, 2.75) is 0 Å². The Balaban J connectivity index is 2.69. The molecule has 0 spiro atoms. The normalized spacial score (nSPS) is 10.0. The van der Waals surface area contributed by atoms with Crippen LogP contribution >= 0.6 is 22.9 Å². The summed E-state index contributed by atoms with van der Waals surface area (Å²) in [7, 11) is 1.74. The quantitative estimate of drug-likeness (QED) is 0.735. The first-order valence-corrected chi connectivity index (χ1v) is 4.41. The van der Waals surface area contributed by atoms with Gasteiger partial charge in [0, 0.05) is 5.38 Å². The molecule has 1 rings (SSSR count). The maximum absolute atomic E-state index is 11.1. The molecular weight excluding hydrogens is 182 g/mol. The fourth-order valence-corrected chi connectivity index (χ4v) is 1.72. The molecule has 0 unspecified atom stereocenters. The Morgan fingerprint density at radius 2 is 2.55 bits per heavy atom. The number of thiophene rings is 1. The van der Waals surface area contributed by atoms with E-state index in [1.54, 1.807) is 18.5 Å². The molecule has 0 fully saturated rings. The number of carbonyl (C=O) groups excluding carboxylic acids is 1. The molecule has 1 aromatic rings. The molecular formula is C7H8ClNOS. The van der Waals surface area contributed by atoms with Crippen LogP contribution in [0.1, 0.15) is 9.67 Å². The zero-order valence-electron chi connectivity index (χ0n) is 6.06. The number of hydrogen-bond acceptors (Lipinski definition) is 3. The van der Waals surface area contributed by atoms with Gasteiger partial charge >= 0.3 is 0 Å². The molecule has 0 saturated carbocycles. The summed E-state index contributed by atoms with van der Waals surface area (Å²) in [6.07, 6.45) is 0. The number of hydrogen-bond donors (Lipinski definition) is 1. The zero-order chi connectivity index (χ0) is 8.27. The van der Waals surface area contributed by atoms with Crippen LogP contribution in [0.15, 0.2) is 11.4 Å². The van der Waals surface area contributed by atoms with Crippen molar-refractivity contribution in [2.75, 3.05) is 13.6 Å². The molecule has 60 valence electrons. The topological polar surface area (TPSA) is 29.1 Å². The summed E-state index contributed by atoms with van der Waals surface area (Å²) < 4.78 is 0. The molecule has 0 aliphatic rings. The van der Waals surface area contributed by atoms with Crippen LogP contribution in [-0.2, 0) is 0 Å². The van der Waals surface area contributed by atoms with Gasteiger partial charge in [0.15, 0.2) is 5.78 Å². The summed E-state index contributed by atoms with van der Waals surface area (Å²) in [5, 5.41) is 5.18. The lowest BCUT2D eigenvalue weighted by molar-refractivity contribution is 0.0997. The predicted octanol–water partition coefficient (Wildman–Crippen LogP) is 1.80. The minimum atomic E-state index is 0.0874. The number of rotatable bonds is 3. The maximum Gasteiger partial charge on any atom is 0.186 e. The zero-order valence-corrected chi connectivity index (χ0v) is 7.63. The van der Waals surface area contributed by atoms with Crippen LogP contribution < -0.4 is 5.32 Å². The van der Waals surface area contributed by atoms with Crippen molar-refractivity contribution in [1.29, 1.82) is 0 Å². The van der Waals surface area contributed by atoms with E-state index in [4.69, 9.17) is 11.6 Å². The van der Waals surface area contributed by atoms with E-state index in [0.717, 1.165) is 0 Å². The van der Waals surface area contributed by atoms with E-state index in [1.165, 1.54) is 11.3 Å². The third-order valence-electron chi connectivity index (χ3n) is 1.18. The molecule has 0 aliphatic heterocycles. The molecule has 11 heavy (non-hydrogen) atoms. The Bertz CT molecular complexity index is 259. The van der Waals surface area contributed by atoms with E-state index >= 15 is 0 Å². The first kappa shape index (κ1) is 8.71. The van der Waals surface area contributed by atoms with Crippen molar-refractivity contribution in [3.8, 4) is 0 Å². The van der Waals surface area contributed by atoms with E-state index in [-0.39, 0.29) is 5.78 Å². The lowest BCUT2D eigenvalue weighted by atomic mass is 10.3. The van der Waals surface area contributed by atoms with E-state index in [2.05, 4.69) is 5.32 Å². The number of Topliss-reactive ketones (excluding diaryl/α,β-unsaturated/α-hetero) is 1. The number of carbonyl (C=O) groups is 1. The van der Waals surface area contributed by atoms with Gasteiger partial charge in [0.2, 0.25) is 0 Å². The van der Waals surface area contributed by atoms with Crippen molar-refractivity contribution >= 4 is 28.7 Å². The van der Waals surface area contributed by atoms with Crippen molar-refractivity contribution in [3.63, 3.8) is 0 Å². The van der Waals surface area contributed by atoms with Crippen molar-refractivity contribution in [1.82, 2.24) is 5.32 Å². The number of nitrogens with one attached hydrogen (secondary N) is 1. The Morgan fingerprint density at radius 3 is 3.00 bits per heavy atom. The molecule has 0 radical (unpaired) electrons. The fourth-order valence-electron chi connectivity index (χ4n) is 0.707. The highest BCUT2D eigenvalue weighted by molar-refractivity contribution is 7.12. The van der Waals surface area contributed by atoms with E-state index in [9.17, 15) is 4.79 Å². The fraction of sp³-hybridized carbons (Fsp3) is 0.286. The number of likely N-dealkylation sites (N-methyl/N-ethyl adjacent to an activating group) is 1. The van der Waals surface area contributed by atoms with Crippen LogP contribution in [0, 0.1) is 0 Å². The smallest absolute Gasteiger partial charge is 0.186 e. The van der Waals surface area contributed by atoms with Gasteiger partial charge in [-0.25, -0.2) is 0 Å². The van der Waals surface area contributed by atoms with Gasteiger partial charge in [-0.05, 0) is 13.1 Å². The molecule has 1 N–H and O–H groups in total. The number of ketones is 1. The lowest BCUT2D eigenvalue weighted by Crippen LogP contribution is -2.17. The summed E-state index contributed by atoms with van der Waals surface area (Å²) in [6, 6.07) is 1.69. The largest absolute Gasteiger partial charge is 0.313 e. The van der Waals surface area contributed by atoms with Gasteiger partial charge in [-0.2, -0.15) is 0 Å². The second-order valence-corrected chi connectivity index (χ2v) is 3.43. The Labute approximate surface area is 74.2 Å². The summed E-state index contributed by atoms with van der Waals surface area (Å²) in [4.78, 5) is 11.9. The van der Waals surface area contributed by atoms with E-state index in [1.807, 2.05) is 0 Å². The number of halogens is 1. The first-order valence-electron chi connectivity index (χ1n) is 3.16. The Hall–Kier alpha value is -0.380.